The van der Waals surface area contributed by atoms with Crippen molar-refractivity contribution in [1.82, 2.24) is 5.32 Å². The first-order chi connectivity index (χ1) is 6.63. The molecule has 1 N–H and O–H groups in total. The highest BCUT2D eigenvalue weighted by Gasteiger charge is 2.07. The lowest BCUT2D eigenvalue weighted by Gasteiger charge is -2.13. The third-order valence-corrected chi connectivity index (χ3v) is 2.91. The molecular formula is C10H11Br2NO. The fraction of sp³-hybridized carbons (Fsp3) is 0.300. The van der Waals surface area contributed by atoms with Gasteiger partial charge in [0.15, 0.2) is 0 Å². The Balaban J connectivity index is 2.65. The summed E-state index contributed by atoms with van der Waals surface area (Å²) < 4.78 is 1.04. The van der Waals surface area contributed by atoms with Gasteiger partial charge in [-0.2, -0.15) is 0 Å². The number of benzene rings is 1. The molecule has 0 saturated carbocycles. The van der Waals surface area contributed by atoms with E-state index >= 15 is 0 Å². The van der Waals surface area contributed by atoms with Crippen molar-refractivity contribution in [2.45, 2.75) is 13.0 Å². The number of hydrogen-bond donors (Lipinski definition) is 1. The van der Waals surface area contributed by atoms with Crippen LogP contribution < -0.4 is 5.32 Å². The molecule has 0 aliphatic heterocycles. The molecule has 1 aromatic rings. The van der Waals surface area contributed by atoms with Crippen LogP contribution in [0.3, 0.4) is 0 Å². The Labute approximate surface area is 100 Å². The Morgan fingerprint density at radius 1 is 1.43 bits per heavy atom. The first-order valence-electron chi connectivity index (χ1n) is 4.24. The van der Waals surface area contributed by atoms with E-state index in [4.69, 9.17) is 0 Å². The summed E-state index contributed by atoms with van der Waals surface area (Å²) in [5.74, 6) is 0.000388. The van der Waals surface area contributed by atoms with E-state index in [1.807, 2.05) is 31.2 Å². The van der Waals surface area contributed by atoms with E-state index in [9.17, 15) is 4.79 Å². The monoisotopic (exact) mass is 319 g/mol. The van der Waals surface area contributed by atoms with Crippen molar-refractivity contribution in [3.8, 4) is 0 Å². The van der Waals surface area contributed by atoms with Gasteiger partial charge >= 0.3 is 0 Å². The minimum absolute atomic E-state index is 0.000388. The zero-order valence-electron chi connectivity index (χ0n) is 7.76. The van der Waals surface area contributed by atoms with Crippen molar-refractivity contribution in [2.75, 3.05) is 5.33 Å². The fourth-order valence-electron chi connectivity index (χ4n) is 1.11. The van der Waals surface area contributed by atoms with Crippen LogP contribution in [0, 0.1) is 0 Å². The van der Waals surface area contributed by atoms with Gasteiger partial charge in [-0.25, -0.2) is 0 Å². The molecule has 0 saturated heterocycles. The number of hydrogen-bond acceptors (Lipinski definition) is 1. The van der Waals surface area contributed by atoms with Gasteiger partial charge in [-0.05, 0) is 24.6 Å². The molecule has 0 heterocycles. The molecule has 2 nitrogen and oxygen atoms in total. The Morgan fingerprint density at radius 2 is 2.00 bits per heavy atom. The van der Waals surface area contributed by atoms with Gasteiger partial charge in [0.1, 0.15) is 0 Å². The van der Waals surface area contributed by atoms with Crippen molar-refractivity contribution in [3.63, 3.8) is 0 Å². The standard InChI is InChI=1S/C10H11Br2NO/c1-7(13-10(14)6-11)8-2-4-9(12)5-3-8/h2-5,7H,6H2,1H3,(H,13,14)/t7-/m0/s1. The Hall–Kier alpha value is -0.350. The Bertz CT molecular complexity index is 310. The molecule has 0 bridgehead atoms. The third kappa shape index (κ3) is 3.42. The zero-order valence-corrected chi connectivity index (χ0v) is 10.9. The topological polar surface area (TPSA) is 29.1 Å². The van der Waals surface area contributed by atoms with Gasteiger partial charge < -0.3 is 5.32 Å². The maximum Gasteiger partial charge on any atom is 0.231 e. The Kier molecular flexibility index (Phi) is 4.62. The second-order valence-corrected chi connectivity index (χ2v) is 4.45. The van der Waals surface area contributed by atoms with Gasteiger partial charge in [-0.15, -0.1) is 0 Å². The molecule has 0 aliphatic carbocycles. The van der Waals surface area contributed by atoms with Crippen LogP contribution in [0.4, 0.5) is 0 Å². The van der Waals surface area contributed by atoms with Crippen LogP contribution in [0.15, 0.2) is 28.7 Å². The smallest absolute Gasteiger partial charge is 0.231 e. The minimum Gasteiger partial charge on any atom is -0.349 e. The summed E-state index contributed by atoms with van der Waals surface area (Å²) in [5.41, 5.74) is 1.10. The van der Waals surface area contributed by atoms with E-state index in [2.05, 4.69) is 37.2 Å². The SMILES string of the molecule is C[C@H](NC(=O)CBr)c1ccc(Br)cc1. The fourth-order valence-corrected chi connectivity index (χ4v) is 1.54. The van der Waals surface area contributed by atoms with E-state index in [1.54, 1.807) is 0 Å². The van der Waals surface area contributed by atoms with Crippen LogP contribution in [0.2, 0.25) is 0 Å². The van der Waals surface area contributed by atoms with Gasteiger partial charge in [-0.1, -0.05) is 44.0 Å². The predicted octanol–water partition coefficient (Wildman–Crippen LogP) is 3.02. The largest absolute Gasteiger partial charge is 0.349 e. The summed E-state index contributed by atoms with van der Waals surface area (Å²) in [5, 5.41) is 3.21. The van der Waals surface area contributed by atoms with Crippen molar-refractivity contribution >= 4 is 37.8 Å². The highest BCUT2D eigenvalue weighted by molar-refractivity contribution is 9.10. The summed E-state index contributed by atoms with van der Waals surface area (Å²) >= 11 is 6.47. The summed E-state index contributed by atoms with van der Waals surface area (Å²) in [6.45, 7) is 1.96. The van der Waals surface area contributed by atoms with E-state index in [1.165, 1.54) is 0 Å². The van der Waals surface area contributed by atoms with Gasteiger partial charge in [0.2, 0.25) is 5.91 Å². The number of halogens is 2. The molecule has 0 aromatic heterocycles. The van der Waals surface area contributed by atoms with Gasteiger partial charge in [0.25, 0.3) is 0 Å². The van der Waals surface area contributed by atoms with Crippen LogP contribution in [-0.4, -0.2) is 11.2 Å². The average Bonchev–Trinajstić information content (AvgIpc) is 2.18. The summed E-state index contributed by atoms with van der Waals surface area (Å²) in [7, 11) is 0. The average molecular weight is 321 g/mol. The highest BCUT2D eigenvalue weighted by Crippen LogP contribution is 2.16. The summed E-state index contributed by atoms with van der Waals surface area (Å²) in [6, 6.07) is 7.96. The molecule has 0 fully saturated rings. The van der Waals surface area contributed by atoms with Gasteiger partial charge in [-0.3, -0.25) is 4.79 Å². The molecule has 0 aliphatic rings. The molecule has 76 valence electrons. The normalized spacial score (nSPS) is 12.2. The first kappa shape index (κ1) is 11.7. The molecular weight excluding hydrogens is 310 g/mol. The third-order valence-electron chi connectivity index (χ3n) is 1.87. The molecule has 1 rings (SSSR count). The highest BCUT2D eigenvalue weighted by atomic mass is 79.9. The maximum atomic E-state index is 11.1. The number of carbonyl (C=O) groups is 1. The lowest BCUT2D eigenvalue weighted by Crippen LogP contribution is -2.27. The van der Waals surface area contributed by atoms with Crippen molar-refractivity contribution in [3.05, 3.63) is 34.3 Å². The van der Waals surface area contributed by atoms with E-state index in [0.29, 0.717) is 5.33 Å². The summed E-state index contributed by atoms with van der Waals surface area (Å²) in [6.07, 6.45) is 0. The minimum atomic E-state index is 0.000388. The maximum absolute atomic E-state index is 11.1. The molecule has 14 heavy (non-hydrogen) atoms. The van der Waals surface area contributed by atoms with Crippen molar-refractivity contribution in [1.29, 1.82) is 0 Å². The zero-order chi connectivity index (χ0) is 10.6. The van der Waals surface area contributed by atoms with E-state index in [0.717, 1.165) is 10.0 Å². The lowest BCUT2D eigenvalue weighted by atomic mass is 10.1. The molecule has 0 radical (unpaired) electrons. The second-order valence-electron chi connectivity index (χ2n) is 2.97. The lowest BCUT2D eigenvalue weighted by molar-refractivity contribution is -0.119. The van der Waals surface area contributed by atoms with Gasteiger partial charge in [0, 0.05) is 4.47 Å². The number of carbonyl (C=O) groups excluding carboxylic acids is 1. The van der Waals surface area contributed by atoms with E-state index < -0.39 is 0 Å². The number of rotatable bonds is 3. The number of alkyl halides is 1. The van der Waals surface area contributed by atoms with Crippen LogP contribution in [0.5, 0.6) is 0 Å². The van der Waals surface area contributed by atoms with Gasteiger partial charge in [0.05, 0.1) is 11.4 Å². The Morgan fingerprint density at radius 3 is 2.50 bits per heavy atom. The van der Waals surface area contributed by atoms with Crippen LogP contribution in [0.1, 0.15) is 18.5 Å². The molecule has 1 atom stereocenters. The first-order valence-corrected chi connectivity index (χ1v) is 6.15. The van der Waals surface area contributed by atoms with Crippen molar-refractivity contribution in [2.24, 2.45) is 0 Å². The predicted molar refractivity (Wildman–Crippen MR) is 64.5 cm³/mol. The molecule has 0 unspecified atom stereocenters. The molecule has 4 heteroatoms. The van der Waals surface area contributed by atoms with Crippen LogP contribution in [0.25, 0.3) is 0 Å². The molecule has 1 aromatic carbocycles. The number of amides is 1. The second kappa shape index (κ2) is 5.51. The molecule has 0 spiro atoms. The van der Waals surface area contributed by atoms with Crippen molar-refractivity contribution < 1.29 is 4.79 Å². The van der Waals surface area contributed by atoms with E-state index in [-0.39, 0.29) is 11.9 Å². The molecule has 1 amide bonds. The summed E-state index contributed by atoms with van der Waals surface area (Å²) in [4.78, 5) is 11.1. The van der Waals surface area contributed by atoms with Crippen LogP contribution in [-0.2, 0) is 4.79 Å². The quantitative estimate of drug-likeness (QED) is 0.852. The number of nitrogens with one attached hydrogen (secondary N) is 1. The van der Waals surface area contributed by atoms with Crippen LogP contribution >= 0.6 is 31.9 Å².